The van der Waals surface area contributed by atoms with E-state index < -0.39 is 5.54 Å². The van der Waals surface area contributed by atoms with E-state index in [-0.39, 0.29) is 24.4 Å². The second kappa shape index (κ2) is 10.9. The molecule has 0 bridgehead atoms. The highest BCUT2D eigenvalue weighted by atomic mass is 16.5. The Hall–Kier alpha value is -3.75. The van der Waals surface area contributed by atoms with Crippen LogP contribution in [0.1, 0.15) is 26.7 Å². The minimum Gasteiger partial charge on any atom is -0.495 e. The molecule has 36 heavy (non-hydrogen) atoms. The molecule has 0 saturated carbocycles. The van der Waals surface area contributed by atoms with Crippen molar-refractivity contribution < 1.29 is 19.1 Å². The number of urea groups is 1. The number of methoxy groups -OCH3 is 1. The fourth-order valence-corrected chi connectivity index (χ4v) is 4.89. The highest BCUT2D eigenvalue weighted by Crippen LogP contribution is 2.39. The van der Waals surface area contributed by atoms with Crippen LogP contribution in [0.25, 0.3) is 0 Å². The van der Waals surface area contributed by atoms with Gasteiger partial charge in [-0.1, -0.05) is 44.2 Å². The Morgan fingerprint density at radius 1 is 1.03 bits per heavy atom. The van der Waals surface area contributed by atoms with Crippen molar-refractivity contribution in [3.63, 3.8) is 0 Å². The number of carbonyl (C=O) groups excluding carboxylic acids is 3. The SMILES string of the molecule is COc1ccccc1NC(=O)N1CCC2(CC1)C(=O)N(CC(=O)NCC(C)C)CN2c1ccccc1. The van der Waals surface area contributed by atoms with Crippen LogP contribution in [0.2, 0.25) is 0 Å². The number of piperidine rings is 1. The first-order valence-electron chi connectivity index (χ1n) is 12.4. The number of benzene rings is 2. The van der Waals surface area contributed by atoms with E-state index in [1.54, 1.807) is 29.0 Å². The number of rotatable bonds is 7. The summed E-state index contributed by atoms with van der Waals surface area (Å²) in [6.07, 6.45) is 0.953. The van der Waals surface area contributed by atoms with Gasteiger partial charge in [-0.25, -0.2) is 4.79 Å². The quantitative estimate of drug-likeness (QED) is 0.618. The predicted octanol–water partition coefficient (Wildman–Crippen LogP) is 3.14. The van der Waals surface area contributed by atoms with E-state index in [9.17, 15) is 14.4 Å². The summed E-state index contributed by atoms with van der Waals surface area (Å²) in [6.45, 7) is 5.84. The smallest absolute Gasteiger partial charge is 0.321 e. The standard InChI is InChI=1S/C27H35N5O4/c1-20(2)17-28-24(33)18-31-19-32(21-9-5-4-6-10-21)27(25(31)34)13-15-30(16-14-27)26(35)29-22-11-7-8-12-23(22)36-3/h4-12,20H,13-19H2,1-3H3,(H,28,33)(H,29,35). The van der Waals surface area contributed by atoms with Gasteiger partial charge in [0.25, 0.3) is 5.91 Å². The highest BCUT2D eigenvalue weighted by Gasteiger charge is 2.54. The summed E-state index contributed by atoms with van der Waals surface area (Å²) in [6, 6.07) is 16.8. The highest BCUT2D eigenvalue weighted by molar-refractivity contribution is 5.97. The van der Waals surface area contributed by atoms with E-state index in [4.69, 9.17) is 4.74 Å². The zero-order valence-electron chi connectivity index (χ0n) is 21.2. The third kappa shape index (κ3) is 5.24. The Labute approximate surface area is 212 Å². The molecule has 2 saturated heterocycles. The number of likely N-dealkylation sites (tertiary alicyclic amines) is 1. The van der Waals surface area contributed by atoms with Crippen molar-refractivity contribution in [1.82, 2.24) is 15.1 Å². The zero-order chi connectivity index (χ0) is 25.7. The van der Waals surface area contributed by atoms with E-state index in [1.165, 1.54) is 0 Å². The van der Waals surface area contributed by atoms with Crippen LogP contribution >= 0.6 is 0 Å². The van der Waals surface area contributed by atoms with Gasteiger partial charge in [-0.3, -0.25) is 9.59 Å². The largest absolute Gasteiger partial charge is 0.495 e. The van der Waals surface area contributed by atoms with Gasteiger partial charge in [0.05, 0.1) is 19.5 Å². The molecule has 0 aliphatic carbocycles. The minimum absolute atomic E-state index is 0.0225. The molecule has 192 valence electrons. The van der Waals surface area contributed by atoms with Crippen LogP contribution in [0.3, 0.4) is 0 Å². The Balaban J connectivity index is 1.48. The lowest BCUT2D eigenvalue weighted by atomic mass is 9.85. The first kappa shape index (κ1) is 25.3. The molecule has 2 aromatic carbocycles. The fraction of sp³-hybridized carbons (Fsp3) is 0.444. The third-order valence-corrected chi connectivity index (χ3v) is 6.85. The molecule has 1 spiro atoms. The Morgan fingerprint density at radius 3 is 2.36 bits per heavy atom. The molecule has 2 aliphatic heterocycles. The lowest BCUT2D eigenvalue weighted by molar-refractivity contribution is -0.137. The van der Waals surface area contributed by atoms with Crippen molar-refractivity contribution in [2.75, 3.05) is 50.2 Å². The zero-order valence-corrected chi connectivity index (χ0v) is 21.2. The second-order valence-corrected chi connectivity index (χ2v) is 9.76. The number of hydrogen-bond acceptors (Lipinski definition) is 5. The number of ether oxygens (including phenoxy) is 1. The summed E-state index contributed by atoms with van der Waals surface area (Å²) in [4.78, 5) is 44.8. The van der Waals surface area contributed by atoms with Gasteiger partial charge in [0.15, 0.2) is 0 Å². The average Bonchev–Trinajstić information content (AvgIpc) is 3.14. The molecule has 4 rings (SSSR count). The van der Waals surface area contributed by atoms with Gasteiger partial charge in [-0.2, -0.15) is 0 Å². The van der Waals surface area contributed by atoms with E-state index in [2.05, 4.69) is 15.5 Å². The molecule has 2 aliphatic rings. The van der Waals surface area contributed by atoms with Crippen molar-refractivity contribution in [3.05, 3.63) is 54.6 Å². The summed E-state index contributed by atoms with van der Waals surface area (Å²) in [5.74, 6) is 0.709. The van der Waals surface area contributed by atoms with E-state index in [0.29, 0.717) is 56.5 Å². The van der Waals surface area contributed by atoms with Crippen LogP contribution in [0, 0.1) is 5.92 Å². The molecule has 2 fully saturated rings. The van der Waals surface area contributed by atoms with E-state index in [1.807, 2.05) is 56.3 Å². The Kier molecular flexibility index (Phi) is 7.67. The molecule has 9 heteroatoms. The molecular weight excluding hydrogens is 458 g/mol. The molecular formula is C27H35N5O4. The van der Waals surface area contributed by atoms with Gasteiger partial charge in [0, 0.05) is 25.3 Å². The number of carbonyl (C=O) groups is 3. The van der Waals surface area contributed by atoms with Gasteiger partial charge < -0.3 is 30.1 Å². The van der Waals surface area contributed by atoms with E-state index in [0.717, 1.165) is 5.69 Å². The topological polar surface area (TPSA) is 94.2 Å². The van der Waals surface area contributed by atoms with Gasteiger partial charge in [0.2, 0.25) is 5.91 Å². The van der Waals surface area contributed by atoms with Gasteiger partial charge in [0.1, 0.15) is 17.8 Å². The summed E-state index contributed by atoms with van der Waals surface area (Å²) in [5.41, 5.74) is 0.746. The molecule has 0 radical (unpaired) electrons. The molecule has 0 atom stereocenters. The summed E-state index contributed by atoms with van der Waals surface area (Å²) < 4.78 is 5.34. The van der Waals surface area contributed by atoms with Gasteiger partial charge in [-0.05, 0) is 43.0 Å². The normalized spacial score (nSPS) is 17.0. The molecule has 4 amide bonds. The first-order valence-corrected chi connectivity index (χ1v) is 12.4. The lowest BCUT2D eigenvalue weighted by Crippen LogP contribution is -2.58. The van der Waals surface area contributed by atoms with E-state index >= 15 is 0 Å². The minimum atomic E-state index is -0.791. The summed E-state index contributed by atoms with van der Waals surface area (Å²) >= 11 is 0. The molecule has 0 aromatic heterocycles. The number of nitrogens with zero attached hydrogens (tertiary/aromatic N) is 3. The van der Waals surface area contributed by atoms with Crippen molar-refractivity contribution in [2.45, 2.75) is 32.2 Å². The second-order valence-electron chi connectivity index (χ2n) is 9.76. The molecule has 2 heterocycles. The molecule has 0 unspecified atom stereocenters. The maximum Gasteiger partial charge on any atom is 0.321 e. The third-order valence-electron chi connectivity index (χ3n) is 6.85. The number of anilines is 2. The maximum absolute atomic E-state index is 13.8. The molecule has 9 nitrogen and oxygen atoms in total. The van der Waals surface area contributed by atoms with Gasteiger partial charge >= 0.3 is 6.03 Å². The first-order chi connectivity index (χ1) is 17.3. The lowest BCUT2D eigenvalue weighted by Gasteiger charge is -2.43. The fourth-order valence-electron chi connectivity index (χ4n) is 4.89. The maximum atomic E-state index is 13.8. The average molecular weight is 494 g/mol. The summed E-state index contributed by atoms with van der Waals surface area (Å²) in [5, 5.41) is 5.83. The number of amides is 4. The van der Waals surface area contributed by atoms with Gasteiger partial charge in [-0.15, -0.1) is 0 Å². The Morgan fingerprint density at radius 2 is 1.69 bits per heavy atom. The van der Waals surface area contributed by atoms with Crippen LogP contribution in [0.15, 0.2) is 54.6 Å². The number of para-hydroxylation sites is 3. The molecule has 2 N–H and O–H groups in total. The van der Waals surface area contributed by atoms with Crippen LogP contribution in [0.5, 0.6) is 5.75 Å². The number of hydrogen-bond donors (Lipinski definition) is 2. The number of nitrogens with one attached hydrogen (secondary N) is 2. The molecule has 2 aromatic rings. The van der Waals surface area contributed by atoms with Crippen molar-refractivity contribution in [1.29, 1.82) is 0 Å². The predicted molar refractivity (Wildman–Crippen MR) is 139 cm³/mol. The van der Waals surface area contributed by atoms with Crippen LogP contribution < -0.4 is 20.3 Å². The summed E-state index contributed by atoms with van der Waals surface area (Å²) in [7, 11) is 1.56. The van der Waals surface area contributed by atoms with Crippen LogP contribution in [-0.2, 0) is 9.59 Å². The van der Waals surface area contributed by atoms with Crippen molar-refractivity contribution in [2.24, 2.45) is 5.92 Å². The monoisotopic (exact) mass is 493 g/mol. The van der Waals surface area contributed by atoms with Crippen LogP contribution in [0.4, 0.5) is 16.2 Å². The Bertz CT molecular complexity index is 1080. The van der Waals surface area contributed by atoms with Crippen LogP contribution in [-0.4, -0.2) is 73.1 Å². The van der Waals surface area contributed by atoms with Crippen molar-refractivity contribution >= 4 is 29.2 Å². The van der Waals surface area contributed by atoms with Crippen molar-refractivity contribution in [3.8, 4) is 5.75 Å².